The molecule has 5 amide bonds. The molecule has 10 nitrogen and oxygen atoms in total. The average Bonchev–Trinajstić information content (AvgIpc) is 3.34. The van der Waals surface area contributed by atoms with Crippen molar-refractivity contribution >= 4 is 29.5 Å². The SMILES string of the molecule is C=CCNC(=O)C(=O)C(CCC)NC(=O)C1C2C(CN1C(=O)C(NC(=O)N(C)C(C)(C)C)C1Cc3ccccc3C1)C2(C)C. The van der Waals surface area contributed by atoms with Crippen LogP contribution in [0.3, 0.4) is 0 Å². The van der Waals surface area contributed by atoms with Crippen LogP contribution in [0.25, 0.3) is 0 Å². The Hall–Kier alpha value is -3.69. The molecule has 1 saturated carbocycles. The van der Waals surface area contributed by atoms with E-state index in [0.717, 1.165) is 11.1 Å². The highest BCUT2D eigenvalue weighted by Gasteiger charge is 2.69. The van der Waals surface area contributed by atoms with E-state index >= 15 is 0 Å². The zero-order valence-electron chi connectivity index (χ0n) is 27.2. The molecule has 1 aromatic rings. The monoisotopic (exact) mass is 607 g/mol. The molecular weight excluding hydrogens is 558 g/mol. The van der Waals surface area contributed by atoms with Gasteiger partial charge in [0.05, 0.1) is 6.04 Å². The van der Waals surface area contributed by atoms with Crippen LogP contribution in [0.2, 0.25) is 0 Å². The first kappa shape index (κ1) is 33.2. The molecule has 1 aliphatic heterocycles. The first-order chi connectivity index (χ1) is 20.6. The molecule has 2 aliphatic carbocycles. The molecule has 3 N–H and O–H groups in total. The molecule has 240 valence electrons. The highest BCUT2D eigenvalue weighted by molar-refractivity contribution is 6.38. The summed E-state index contributed by atoms with van der Waals surface area (Å²) < 4.78 is 0. The maximum absolute atomic E-state index is 14.5. The van der Waals surface area contributed by atoms with Crippen molar-refractivity contribution in [3.8, 4) is 0 Å². The number of hydrogen-bond donors (Lipinski definition) is 3. The van der Waals surface area contributed by atoms with Crippen molar-refractivity contribution in [2.45, 2.75) is 90.9 Å². The number of piperidine rings is 1. The van der Waals surface area contributed by atoms with Crippen LogP contribution in [0.5, 0.6) is 0 Å². The molecule has 1 aromatic carbocycles. The lowest BCUT2D eigenvalue weighted by Crippen LogP contribution is -2.61. The number of ketones is 1. The standard InChI is InChI=1S/C34H49N5O5/c1-9-13-24(28(40)30(42)35-16-10-2)36-29(41)27-25-23(34(25,6)7)19-39(27)31(43)26(37-32(44)38(8)33(3,4)5)22-17-20-14-11-12-15-21(20)18-22/h10-12,14-15,22-27H,2,9,13,16-19H2,1,3-8H3,(H,35,42)(H,36,41)(H,37,44). The molecule has 5 unspecified atom stereocenters. The van der Waals surface area contributed by atoms with Crippen molar-refractivity contribution in [2.24, 2.45) is 23.2 Å². The van der Waals surface area contributed by atoms with Crippen LogP contribution in [0.15, 0.2) is 36.9 Å². The minimum absolute atomic E-state index is 0.0900. The summed E-state index contributed by atoms with van der Waals surface area (Å²) in [7, 11) is 1.71. The Kier molecular flexibility index (Phi) is 9.61. The van der Waals surface area contributed by atoms with Crippen molar-refractivity contribution in [1.82, 2.24) is 25.8 Å². The van der Waals surface area contributed by atoms with Crippen LogP contribution >= 0.6 is 0 Å². The van der Waals surface area contributed by atoms with E-state index < -0.39 is 41.3 Å². The smallest absolute Gasteiger partial charge is 0.318 e. The number of fused-ring (bicyclic) bond motifs is 2. The minimum Gasteiger partial charge on any atom is -0.346 e. The molecule has 0 radical (unpaired) electrons. The lowest BCUT2D eigenvalue weighted by Gasteiger charge is -2.37. The van der Waals surface area contributed by atoms with Crippen molar-refractivity contribution in [3.63, 3.8) is 0 Å². The van der Waals surface area contributed by atoms with Gasteiger partial charge in [0.1, 0.15) is 12.1 Å². The Morgan fingerprint density at radius 1 is 1.09 bits per heavy atom. The summed E-state index contributed by atoms with van der Waals surface area (Å²) in [6.45, 7) is 15.9. The molecule has 0 bridgehead atoms. The second-order valence-electron chi connectivity index (χ2n) is 14.2. The number of hydrogen-bond acceptors (Lipinski definition) is 5. The first-order valence-corrected chi connectivity index (χ1v) is 15.8. The van der Waals surface area contributed by atoms with Crippen LogP contribution < -0.4 is 16.0 Å². The normalized spacial score (nSPS) is 23.1. The fourth-order valence-electron chi connectivity index (χ4n) is 6.96. The summed E-state index contributed by atoms with van der Waals surface area (Å²) >= 11 is 0. The van der Waals surface area contributed by atoms with E-state index in [9.17, 15) is 24.0 Å². The molecule has 1 saturated heterocycles. The number of carbonyl (C=O) groups is 5. The van der Waals surface area contributed by atoms with E-state index in [-0.39, 0.29) is 41.7 Å². The van der Waals surface area contributed by atoms with Crippen LogP contribution in [0.4, 0.5) is 4.79 Å². The Balaban J connectivity index is 1.61. The summed E-state index contributed by atoms with van der Waals surface area (Å²) in [5.74, 6) is -2.37. The Morgan fingerprint density at radius 2 is 1.70 bits per heavy atom. The van der Waals surface area contributed by atoms with E-state index in [1.807, 2.05) is 39.8 Å². The highest BCUT2D eigenvalue weighted by Crippen LogP contribution is 2.65. The zero-order valence-corrected chi connectivity index (χ0v) is 27.2. The number of urea groups is 1. The average molecular weight is 608 g/mol. The number of nitrogens with zero attached hydrogens (tertiary/aromatic N) is 2. The van der Waals surface area contributed by atoms with Gasteiger partial charge < -0.3 is 25.8 Å². The molecule has 10 heteroatoms. The molecule has 5 atom stereocenters. The lowest BCUT2D eigenvalue weighted by molar-refractivity contribution is -0.144. The van der Waals surface area contributed by atoms with Gasteiger partial charge in [-0.25, -0.2) is 4.79 Å². The summed E-state index contributed by atoms with van der Waals surface area (Å²) in [4.78, 5) is 70.6. The predicted octanol–water partition coefficient (Wildman–Crippen LogP) is 2.85. The van der Waals surface area contributed by atoms with Crippen molar-refractivity contribution in [2.75, 3.05) is 20.1 Å². The second-order valence-corrected chi connectivity index (χ2v) is 14.2. The summed E-state index contributed by atoms with van der Waals surface area (Å²) in [5.41, 5.74) is 1.70. The molecule has 3 aliphatic rings. The Bertz CT molecular complexity index is 1290. The Labute approximate surface area is 261 Å². The van der Waals surface area contributed by atoms with E-state index in [2.05, 4.69) is 48.5 Å². The fraction of sp³-hybridized carbons (Fsp3) is 0.618. The first-order valence-electron chi connectivity index (χ1n) is 15.8. The molecule has 2 fully saturated rings. The molecule has 0 aromatic heterocycles. The van der Waals surface area contributed by atoms with E-state index in [4.69, 9.17) is 0 Å². The van der Waals surface area contributed by atoms with E-state index in [1.54, 1.807) is 16.8 Å². The molecule has 0 spiro atoms. The summed E-state index contributed by atoms with van der Waals surface area (Å²) in [5, 5.41) is 8.38. The van der Waals surface area contributed by atoms with Gasteiger partial charge in [-0.2, -0.15) is 0 Å². The summed E-state index contributed by atoms with van der Waals surface area (Å²) in [6.07, 6.45) is 3.63. The van der Waals surface area contributed by atoms with Crippen molar-refractivity contribution in [1.29, 1.82) is 0 Å². The quantitative estimate of drug-likeness (QED) is 0.263. The summed E-state index contributed by atoms with van der Waals surface area (Å²) in [6, 6.07) is 5.06. The van der Waals surface area contributed by atoms with Crippen LogP contribution in [0.1, 0.15) is 65.5 Å². The van der Waals surface area contributed by atoms with Crippen LogP contribution in [-0.4, -0.2) is 83.1 Å². The van der Waals surface area contributed by atoms with Gasteiger partial charge in [-0.1, -0.05) is 57.5 Å². The number of carbonyl (C=O) groups excluding carboxylic acids is 5. The van der Waals surface area contributed by atoms with Crippen molar-refractivity contribution < 1.29 is 24.0 Å². The number of nitrogens with one attached hydrogen (secondary N) is 3. The second kappa shape index (κ2) is 12.7. The molecule has 1 heterocycles. The number of rotatable bonds is 11. The molecular formula is C34H49N5O5. The number of Topliss-reactive ketones (excluding diaryl/α,β-unsaturated/α-hetero) is 1. The van der Waals surface area contributed by atoms with Crippen molar-refractivity contribution in [3.05, 3.63) is 48.0 Å². The van der Waals surface area contributed by atoms with Gasteiger partial charge in [0.25, 0.3) is 5.91 Å². The van der Waals surface area contributed by atoms with Gasteiger partial charge >= 0.3 is 6.03 Å². The topological polar surface area (TPSA) is 128 Å². The minimum atomic E-state index is -1.00. The highest BCUT2D eigenvalue weighted by atomic mass is 16.2. The number of benzene rings is 1. The maximum atomic E-state index is 14.5. The van der Waals surface area contributed by atoms with Gasteiger partial charge in [-0.3, -0.25) is 19.2 Å². The van der Waals surface area contributed by atoms with Gasteiger partial charge in [0, 0.05) is 25.7 Å². The molecule has 44 heavy (non-hydrogen) atoms. The molecule has 4 rings (SSSR count). The van der Waals surface area contributed by atoms with Gasteiger partial charge in [0.15, 0.2) is 0 Å². The third-order valence-corrected chi connectivity index (χ3v) is 10.0. The maximum Gasteiger partial charge on any atom is 0.318 e. The predicted molar refractivity (Wildman–Crippen MR) is 168 cm³/mol. The largest absolute Gasteiger partial charge is 0.346 e. The van der Waals surface area contributed by atoms with Gasteiger partial charge in [-0.15, -0.1) is 6.58 Å². The number of amides is 5. The van der Waals surface area contributed by atoms with Crippen LogP contribution in [-0.2, 0) is 32.0 Å². The third kappa shape index (κ3) is 6.54. The van der Waals surface area contributed by atoms with Crippen LogP contribution in [0, 0.1) is 23.2 Å². The third-order valence-electron chi connectivity index (χ3n) is 10.0. The van der Waals surface area contributed by atoms with Gasteiger partial charge in [-0.05, 0) is 74.3 Å². The number of likely N-dealkylation sites (tertiary alicyclic amines) is 1. The Morgan fingerprint density at radius 3 is 2.25 bits per heavy atom. The zero-order chi connectivity index (χ0) is 32.6. The van der Waals surface area contributed by atoms with Gasteiger partial charge in [0.2, 0.25) is 17.6 Å². The van der Waals surface area contributed by atoms with E-state index in [1.165, 1.54) is 6.08 Å². The lowest BCUT2D eigenvalue weighted by atomic mass is 9.93. The van der Waals surface area contributed by atoms with E-state index in [0.29, 0.717) is 32.2 Å². The fourth-order valence-corrected chi connectivity index (χ4v) is 6.96.